The molecule has 0 bridgehead atoms. The van der Waals surface area contributed by atoms with Gasteiger partial charge in [-0.2, -0.15) is 0 Å². The Hall–Kier alpha value is -0.170. The maximum Gasteiger partial charge on any atom is 0.0635 e. The van der Waals surface area contributed by atoms with Gasteiger partial charge in [-0.05, 0) is 46.8 Å². The number of halogens is 1. The molecule has 0 saturated carbocycles. The van der Waals surface area contributed by atoms with Crippen LogP contribution in [0.3, 0.4) is 0 Å². The molecule has 1 aliphatic heterocycles. The van der Waals surface area contributed by atoms with Crippen LogP contribution < -0.4 is 5.32 Å². The van der Waals surface area contributed by atoms with Crippen LogP contribution in [0.15, 0.2) is 24.3 Å². The maximum atomic E-state index is 5.58. The number of rotatable bonds is 5. The first-order valence-electron chi connectivity index (χ1n) is 6.56. The molecule has 0 radical (unpaired) electrons. The molecule has 2 rings (SSSR count). The molecule has 1 saturated heterocycles. The standard InChI is InChI=1S/C14H21IN2O/c1-2-16-9-14-11-18-8-7-17(14)10-12-3-5-13(15)6-4-12/h3-6,14,16H,2,7-11H2,1H3. The van der Waals surface area contributed by atoms with E-state index in [0.29, 0.717) is 6.04 Å². The maximum absolute atomic E-state index is 5.58. The summed E-state index contributed by atoms with van der Waals surface area (Å²) >= 11 is 2.35. The summed E-state index contributed by atoms with van der Waals surface area (Å²) in [5, 5.41) is 3.42. The van der Waals surface area contributed by atoms with Crippen molar-refractivity contribution in [2.24, 2.45) is 0 Å². The summed E-state index contributed by atoms with van der Waals surface area (Å²) in [6.45, 7) is 7.94. The molecule has 0 aromatic heterocycles. The molecule has 1 unspecified atom stereocenters. The van der Waals surface area contributed by atoms with Crippen molar-refractivity contribution in [2.75, 3.05) is 32.8 Å². The van der Waals surface area contributed by atoms with E-state index in [9.17, 15) is 0 Å². The molecular weight excluding hydrogens is 339 g/mol. The number of hydrogen-bond acceptors (Lipinski definition) is 3. The Bertz CT molecular complexity index is 355. The molecule has 100 valence electrons. The van der Waals surface area contributed by atoms with Gasteiger partial charge >= 0.3 is 0 Å². The van der Waals surface area contributed by atoms with Gasteiger partial charge in [0, 0.05) is 29.2 Å². The van der Waals surface area contributed by atoms with E-state index >= 15 is 0 Å². The van der Waals surface area contributed by atoms with Crippen molar-refractivity contribution in [1.82, 2.24) is 10.2 Å². The van der Waals surface area contributed by atoms with Gasteiger partial charge in [-0.3, -0.25) is 4.90 Å². The van der Waals surface area contributed by atoms with Gasteiger partial charge in [0.15, 0.2) is 0 Å². The Morgan fingerprint density at radius 3 is 2.89 bits per heavy atom. The lowest BCUT2D eigenvalue weighted by atomic mass is 10.1. The molecule has 1 aliphatic rings. The molecule has 0 aliphatic carbocycles. The molecule has 18 heavy (non-hydrogen) atoms. The third-order valence-corrected chi connectivity index (χ3v) is 4.00. The zero-order valence-corrected chi connectivity index (χ0v) is 13.0. The Morgan fingerprint density at radius 1 is 1.39 bits per heavy atom. The summed E-state index contributed by atoms with van der Waals surface area (Å²) < 4.78 is 6.88. The van der Waals surface area contributed by atoms with Crippen LogP contribution in [0.25, 0.3) is 0 Å². The lowest BCUT2D eigenvalue weighted by Gasteiger charge is -2.35. The minimum absolute atomic E-state index is 0.498. The molecule has 0 spiro atoms. The lowest BCUT2D eigenvalue weighted by molar-refractivity contribution is -0.0107. The molecule has 1 aromatic carbocycles. The van der Waals surface area contributed by atoms with Gasteiger partial charge < -0.3 is 10.1 Å². The van der Waals surface area contributed by atoms with E-state index in [1.807, 2.05) is 0 Å². The van der Waals surface area contributed by atoms with Gasteiger partial charge in [-0.25, -0.2) is 0 Å². The average molecular weight is 360 g/mol. The first-order valence-corrected chi connectivity index (χ1v) is 7.64. The van der Waals surface area contributed by atoms with E-state index in [-0.39, 0.29) is 0 Å². The van der Waals surface area contributed by atoms with E-state index in [4.69, 9.17) is 4.74 Å². The number of hydrogen-bond donors (Lipinski definition) is 1. The van der Waals surface area contributed by atoms with E-state index in [0.717, 1.165) is 39.4 Å². The highest BCUT2D eigenvalue weighted by Crippen LogP contribution is 2.13. The smallest absolute Gasteiger partial charge is 0.0635 e. The topological polar surface area (TPSA) is 24.5 Å². The van der Waals surface area contributed by atoms with Crippen LogP contribution in [0.2, 0.25) is 0 Å². The van der Waals surface area contributed by atoms with Crippen molar-refractivity contribution in [2.45, 2.75) is 19.5 Å². The number of nitrogens with zero attached hydrogens (tertiary/aromatic N) is 1. The highest BCUT2D eigenvalue weighted by molar-refractivity contribution is 14.1. The van der Waals surface area contributed by atoms with E-state index in [2.05, 4.69) is 64.0 Å². The predicted octanol–water partition coefficient (Wildman–Crippen LogP) is 2.10. The second-order valence-corrected chi connectivity index (χ2v) is 5.88. The van der Waals surface area contributed by atoms with Crippen molar-refractivity contribution >= 4 is 22.6 Å². The summed E-state index contributed by atoms with van der Waals surface area (Å²) in [5.74, 6) is 0. The van der Waals surface area contributed by atoms with Crippen molar-refractivity contribution in [3.63, 3.8) is 0 Å². The highest BCUT2D eigenvalue weighted by atomic mass is 127. The number of ether oxygens (including phenoxy) is 1. The van der Waals surface area contributed by atoms with Gasteiger partial charge in [0.05, 0.1) is 13.2 Å². The number of nitrogens with one attached hydrogen (secondary N) is 1. The molecule has 0 amide bonds. The zero-order valence-electron chi connectivity index (χ0n) is 10.9. The molecule has 1 N–H and O–H groups in total. The molecular formula is C14H21IN2O. The second kappa shape index (κ2) is 7.43. The third kappa shape index (κ3) is 4.19. The summed E-state index contributed by atoms with van der Waals surface area (Å²) in [7, 11) is 0. The predicted molar refractivity (Wildman–Crippen MR) is 82.7 cm³/mol. The van der Waals surface area contributed by atoms with Gasteiger partial charge in [-0.15, -0.1) is 0 Å². The molecule has 4 heteroatoms. The highest BCUT2D eigenvalue weighted by Gasteiger charge is 2.22. The van der Waals surface area contributed by atoms with E-state index in [1.165, 1.54) is 9.13 Å². The summed E-state index contributed by atoms with van der Waals surface area (Å²) in [6.07, 6.45) is 0. The van der Waals surface area contributed by atoms with Crippen LogP contribution in [0.4, 0.5) is 0 Å². The Kier molecular flexibility index (Phi) is 5.88. The number of benzene rings is 1. The fourth-order valence-electron chi connectivity index (χ4n) is 2.22. The van der Waals surface area contributed by atoms with Crippen LogP contribution in [0, 0.1) is 3.57 Å². The van der Waals surface area contributed by atoms with E-state index < -0.39 is 0 Å². The SMILES string of the molecule is CCNCC1COCCN1Cc1ccc(I)cc1. The molecule has 1 atom stereocenters. The third-order valence-electron chi connectivity index (χ3n) is 3.28. The van der Waals surface area contributed by atoms with Gasteiger partial charge in [0.2, 0.25) is 0 Å². The van der Waals surface area contributed by atoms with Crippen molar-refractivity contribution < 1.29 is 4.74 Å². The largest absolute Gasteiger partial charge is 0.378 e. The van der Waals surface area contributed by atoms with Gasteiger partial charge in [-0.1, -0.05) is 19.1 Å². The lowest BCUT2D eigenvalue weighted by Crippen LogP contribution is -2.49. The fourth-order valence-corrected chi connectivity index (χ4v) is 2.58. The Morgan fingerprint density at radius 2 is 2.17 bits per heavy atom. The zero-order chi connectivity index (χ0) is 12.8. The minimum atomic E-state index is 0.498. The normalized spacial score (nSPS) is 21.1. The second-order valence-electron chi connectivity index (χ2n) is 4.63. The van der Waals surface area contributed by atoms with Gasteiger partial charge in [0.25, 0.3) is 0 Å². The average Bonchev–Trinajstić information content (AvgIpc) is 2.40. The Balaban J connectivity index is 1.94. The van der Waals surface area contributed by atoms with Crippen molar-refractivity contribution in [3.05, 3.63) is 33.4 Å². The summed E-state index contributed by atoms with van der Waals surface area (Å²) in [6, 6.07) is 9.30. The number of likely N-dealkylation sites (N-methyl/N-ethyl adjacent to an activating group) is 1. The Labute approximate surface area is 123 Å². The van der Waals surface area contributed by atoms with Crippen molar-refractivity contribution in [1.29, 1.82) is 0 Å². The summed E-state index contributed by atoms with van der Waals surface area (Å²) in [4.78, 5) is 2.52. The van der Waals surface area contributed by atoms with Gasteiger partial charge in [0.1, 0.15) is 0 Å². The monoisotopic (exact) mass is 360 g/mol. The molecule has 1 fully saturated rings. The number of morpholine rings is 1. The van der Waals surface area contributed by atoms with Crippen LogP contribution in [0.5, 0.6) is 0 Å². The first-order chi connectivity index (χ1) is 8.79. The fraction of sp³-hybridized carbons (Fsp3) is 0.571. The van der Waals surface area contributed by atoms with Crippen LogP contribution in [0.1, 0.15) is 12.5 Å². The first kappa shape index (κ1) is 14.2. The minimum Gasteiger partial charge on any atom is -0.378 e. The quantitative estimate of drug-likeness (QED) is 0.814. The molecule has 1 aromatic rings. The molecule has 1 heterocycles. The van der Waals surface area contributed by atoms with Crippen LogP contribution in [-0.4, -0.2) is 43.8 Å². The summed E-state index contributed by atoms with van der Waals surface area (Å²) in [5.41, 5.74) is 1.39. The van der Waals surface area contributed by atoms with Crippen LogP contribution in [-0.2, 0) is 11.3 Å². The molecule has 3 nitrogen and oxygen atoms in total. The van der Waals surface area contributed by atoms with Crippen LogP contribution >= 0.6 is 22.6 Å². The van der Waals surface area contributed by atoms with Crippen molar-refractivity contribution in [3.8, 4) is 0 Å². The van der Waals surface area contributed by atoms with E-state index in [1.54, 1.807) is 0 Å².